The number of methoxy groups -OCH3 is 1. The number of ether oxygens (including phenoxy) is 1. The number of fused-ring (bicyclic) bond motifs is 1. The van der Waals surface area contributed by atoms with Crippen LogP contribution in [-0.2, 0) is 13.0 Å². The molecule has 0 N–H and O–H groups in total. The van der Waals surface area contributed by atoms with Crippen molar-refractivity contribution >= 4 is 5.91 Å². The molecule has 3 aromatic rings. The number of aryl methyl sites for hydroxylation is 2. The number of halogens is 1. The number of pyridine rings is 1. The third kappa shape index (κ3) is 4.18. The summed E-state index contributed by atoms with van der Waals surface area (Å²) in [6.07, 6.45) is 2.64. The Bertz CT molecular complexity index is 1140. The van der Waals surface area contributed by atoms with Crippen LogP contribution in [0.25, 0.3) is 0 Å². The minimum absolute atomic E-state index is 0.146. The molecule has 2 aromatic carbocycles. The summed E-state index contributed by atoms with van der Waals surface area (Å²) in [5, 5.41) is 0. The second-order valence-corrected chi connectivity index (χ2v) is 8.29. The van der Waals surface area contributed by atoms with E-state index in [-0.39, 0.29) is 17.4 Å². The third-order valence-electron chi connectivity index (χ3n) is 6.18. The predicted molar refractivity (Wildman–Crippen MR) is 119 cm³/mol. The lowest BCUT2D eigenvalue weighted by atomic mass is 9.88. The van der Waals surface area contributed by atoms with Crippen LogP contribution < -0.4 is 4.74 Å². The van der Waals surface area contributed by atoms with Gasteiger partial charge in [0.1, 0.15) is 5.82 Å². The van der Waals surface area contributed by atoms with Gasteiger partial charge in [-0.25, -0.2) is 9.37 Å². The Morgan fingerprint density at radius 1 is 1.13 bits per heavy atom. The van der Waals surface area contributed by atoms with E-state index in [9.17, 15) is 9.18 Å². The van der Waals surface area contributed by atoms with Crippen LogP contribution in [0.15, 0.2) is 48.7 Å². The van der Waals surface area contributed by atoms with Crippen LogP contribution in [0, 0.1) is 19.7 Å². The maximum Gasteiger partial charge on any atom is 0.257 e. The molecular formula is C26H27FN2O2. The zero-order valence-corrected chi connectivity index (χ0v) is 18.4. The van der Waals surface area contributed by atoms with Crippen molar-refractivity contribution in [3.63, 3.8) is 0 Å². The van der Waals surface area contributed by atoms with E-state index in [0.717, 1.165) is 28.7 Å². The lowest BCUT2D eigenvalue weighted by Crippen LogP contribution is -2.36. The van der Waals surface area contributed by atoms with Crippen molar-refractivity contribution in [2.45, 2.75) is 39.7 Å². The van der Waals surface area contributed by atoms with Crippen molar-refractivity contribution < 1.29 is 13.9 Å². The Morgan fingerprint density at radius 3 is 2.68 bits per heavy atom. The Morgan fingerprint density at radius 2 is 1.94 bits per heavy atom. The van der Waals surface area contributed by atoms with Gasteiger partial charge in [0.25, 0.3) is 5.91 Å². The molecule has 0 aliphatic carbocycles. The number of carbonyl (C=O) groups excluding carboxylic acids is 1. The summed E-state index contributed by atoms with van der Waals surface area (Å²) < 4.78 is 19.5. The zero-order chi connectivity index (χ0) is 22.1. The minimum Gasteiger partial charge on any atom is -0.481 e. The van der Waals surface area contributed by atoms with Gasteiger partial charge in [0, 0.05) is 31.3 Å². The standard InChI is InChI=1S/C26H27FN2O2/c1-16-5-8-24(27)22(11-16)26(30)29-10-9-19-6-7-20(13-21(19)15-29)18(3)23-14-28-25(31-4)12-17(23)2/h5-8,11-14,18H,9-10,15H2,1-4H3/t18-/m0/s1. The fourth-order valence-corrected chi connectivity index (χ4v) is 4.28. The molecule has 1 aliphatic heterocycles. The van der Waals surface area contributed by atoms with E-state index in [4.69, 9.17) is 4.74 Å². The maximum absolute atomic E-state index is 14.3. The molecule has 1 atom stereocenters. The van der Waals surface area contributed by atoms with Gasteiger partial charge in [-0.3, -0.25) is 4.79 Å². The number of carbonyl (C=O) groups is 1. The smallest absolute Gasteiger partial charge is 0.257 e. The average Bonchev–Trinajstić information content (AvgIpc) is 2.78. The molecular weight excluding hydrogens is 391 g/mol. The summed E-state index contributed by atoms with van der Waals surface area (Å²) in [6, 6.07) is 13.1. The summed E-state index contributed by atoms with van der Waals surface area (Å²) in [5.74, 6) is 0.0483. The molecule has 2 heterocycles. The lowest BCUT2D eigenvalue weighted by Gasteiger charge is -2.30. The molecule has 0 fully saturated rings. The third-order valence-corrected chi connectivity index (χ3v) is 6.18. The van der Waals surface area contributed by atoms with Crippen LogP contribution in [0.1, 0.15) is 56.6 Å². The quantitative estimate of drug-likeness (QED) is 0.585. The van der Waals surface area contributed by atoms with Crippen molar-refractivity contribution in [2.75, 3.05) is 13.7 Å². The summed E-state index contributed by atoms with van der Waals surface area (Å²) in [6.45, 7) is 7.17. The molecule has 0 saturated carbocycles. The first kappa shape index (κ1) is 21.0. The van der Waals surface area contributed by atoms with Gasteiger partial charge in [-0.1, -0.05) is 36.8 Å². The number of hydrogen-bond donors (Lipinski definition) is 0. The van der Waals surface area contributed by atoms with Crippen LogP contribution >= 0.6 is 0 Å². The molecule has 4 rings (SSSR count). The van der Waals surface area contributed by atoms with Crippen LogP contribution in [0.4, 0.5) is 4.39 Å². The topological polar surface area (TPSA) is 42.4 Å². The van der Waals surface area contributed by atoms with Gasteiger partial charge >= 0.3 is 0 Å². The van der Waals surface area contributed by atoms with Gasteiger partial charge in [-0.2, -0.15) is 0 Å². The number of rotatable bonds is 4. The number of benzene rings is 2. The van der Waals surface area contributed by atoms with Crippen molar-refractivity contribution in [2.24, 2.45) is 0 Å². The normalized spacial score (nSPS) is 14.2. The van der Waals surface area contributed by atoms with Crippen molar-refractivity contribution in [1.29, 1.82) is 0 Å². The van der Waals surface area contributed by atoms with Crippen LogP contribution in [0.2, 0.25) is 0 Å². The number of nitrogens with zero attached hydrogens (tertiary/aromatic N) is 2. The minimum atomic E-state index is -0.466. The molecule has 1 amide bonds. The van der Waals surface area contributed by atoms with E-state index in [1.54, 1.807) is 24.1 Å². The van der Waals surface area contributed by atoms with Crippen LogP contribution in [0.3, 0.4) is 0 Å². The average molecular weight is 419 g/mol. The first-order chi connectivity index (χ1) is 14.9. The first-order valence-corrected chi connectivity index (χ1v) is 10.5. The van der Waals surface area contributed by atoms with Gasteiger partial charge in [0.2, 0.25) is 5.88 Å². The molecule has 0 saturated heterocycles. The van der Waals surface area contributed by atoms with Crippen molar-refractivity contribution in [1.82, 2.24) is 9.88 Å². The highest BCUT2D eigenvalue weighted by Crippen LogP contribution is 2.31. The molecule has 4 nitrogen and oxygen atoms in total. The van der Waals surface area contributed by atoms with Crippen LogP contribution in [-0.4, -0.2) is 29.4 Å². The summed E-state index contributed by atoms with van der Waals surface area (Å²) in [7, 11) is 1.62. The Kier molecular flexibility index (Phi) is 5.77. The first-order valence-electron chi connectivity index (χ1n) is 10.5. The van der Waals surface area contributed by atoms with Gasteiger partial charge in [-0.05, 0) is 60.2 Å². The van der Waals surface area contributed by atoms with Gasteiger partial charge in [-0.15, -0.1) is 0 Å². The fourth-order valence-electron chi connectivity index (χ4n) is 4.28. The summed E-state index contributed by atoms with van der Waals surface area (Å²) >= 11 is 0. The highest BCUT2D eigenvalue weighted by atomic mass is 19.1. The molecule has 1 aliphatic rings. The van der Waals surface area contributed by atoms with Gasteiger partial charge in [0.05, 0.1) is 12.7 Å². The van der Waals surface area contributed by atoms with Gasteiger partial charge in [0.15, 0.2) is 0 Å². The number of hydrogen-bond acceptors (Lipinski definition) is 3. The van der Waals surface area contributed by atoms with E-state index in [1.807, 2.05) is 19.2 Å². The Labute approximate surface area is 182 Å². The molecule has 31 heavy (non-hydrogen) atoms. The highest BCUT2D eigenvalue weighted by Gasteiger charge is 2.25. The van der Waals surface area contributed by atoms with E-state index in [2.05, 4.69) is 37.0 Å². The fraction of sp³-hybridized carbons (Fsp3) is 0.308. The monoisotopic (exact) mass is 418 g/mol. The van der Waals surface area contributed by atoms with E-state index in [1.165, 1.54) is 17.2 Å². The molecule has 1 aromatic heterocycles. The molecule has 0 bridgehead atoms. The molecule has 0 radical (unpaired) electrons. The van der Waals surface area contributed by atoms with Crippen LogP contribution in [0.5, 0.6) is 5.88 Å². The summed E-state index contributed by atoms with van der Waals surface area (Å²) in [4.78, 5) is 19.1. The predicted octanol–water partition coefficient (Wildman–Crippen LogP) is 5.20. The zero-order valence-electron chi connectivity index (χ0n) is 18.4. The second kappa shape index (κ2) is 8.50. The molecule has 0 spiro atoms. The Balaban J connectivity index is 1.59. The largest absolute Gasteiger partial charge is 0.481 e. The van der Waals surface area contributed by atoms with E-state index in [0.29, 0.717) is 19.0 Å². The number of amides is 1. The second-order valence-electron chi connectivity index (χ2n) is 8.29. The van der Waals surface area contributed by atoms with Gasteiger partial charge < -0.3 is 9.64 Å². The maximum atomic E-state index is 14.3. The SMILES string of the molecule is COc1cc(C)c([C@@H](C)c2ccc3c(c2)CN(C(=O)c2cc(C)ccc2F)CC3)cn1. The van der Waals surface area contributed by atoms with E-state index >= 15 is 0 Å². The molecule has 0 unspecified atom stereocenters. The molecule has 5 heteroatoms. The Hall–Kier alpha value is -3.21. The van der Waals surface area contributed by atoms with E-state index < -0.39 is 5.82 Å². The van der Waals surface area contributed by atoms with Crippen molar-refractivity contribution in [3.05, 3.63) is 93.4 Å². The molecule has 160 valence electrons. The van der Waals surface area contributed by atoms with Crippen molar-refractivity contribution in [3.8, 4) is 5.88 Å². The number of aromatic nitrogens is 1. The lowest BCUT2D eigenvalue weighted by molar-refractivity contribution is 0.0730. The highest BCUT2D eigenvalue weighted by molar-refractivity contribution is 5.94. The summed E-state index contributed by atoms with van der Waals surface area (Å²) in [5.41, 5.74) is 6.83.